The van der Waals surface area contributed by atoms with Crippen LogP contribution in [0.25, 0.3) is 6.08 Å². The first-order valence-electron chi connectivity index (χ1n) is 5.11. The number of carbonyl (C=O) groups excluding carboxylic acids is 2. The first-order valence-corrected chi connectivity index (χ1v) is 6.33. The van der Waals surface area contributed by atoms with Gasteiger partial charge in [0.25, 0.3) is 5.91 Å². The summed E-state index contributed by atoms with van der Waals surface area (Å²) in [4.78, 5) is 23.0. The van der Waals surface area contributed by atoms with Crippen molar-refractivity contribution in [2.45, 2.75) is 0 Å². The zero-order valence-corrected chi connectivity index (χ0v) is 11.1. The number of nitrogens with two attached hydrogens (primary N) is 1. The monoisotopic (exact) mass is 295 g/mol. The van der Waals surface area contributed by atoms with Gasteiger partial charge in [-0.05, 0) is 24.4 Å². The highest BCUT2D eigenvalue weighted by molar-refractivity contribution is 8.26. The average molecular weight is 295 g/mol. The van der Waals surface area contributed by atoms with Gasteiger partial charge in [-0.25, -0.2) is 10.2 Å². The fraction of sp³-hybridized carbons (Fsp3) is 0. The molecule has 0 saturated carbocycles. The van der Waals surface area contributed by atoms with Crippen LogP contribution in [0.15, 0.2) is 29.2 Å². The molecule has 6 nitrogen and oxygen atoms in total. The van der Waals surface area contributed by atoms with Gasteiger partial charge in [-0.1, -0.05) is 30.0 Å². The van der Waals surface area contributed by atoms with Gasteiger partial charge >= 0.3 is 6.03 Å². The molecule has 0 atom stereocenters. The summed E-state index contributed by atoms with van der Waals surface area (Å²) in [6.45, 7) is 0. The number of urea groups is 1. The van der Waals surface area contributed by atoms with Crippen LogP contribution in [0, 0.1) is 0 Å². The number of aromatic hydroxyl groups is 1. The molecule has 0 spiro atoms. The lowest BCUT2D eigenvalue weighted by atomic mass is 10.2. The molecular weight excluding hydrogens is 286 g/mol. The van der Waals surface area contributed by atoms with Crippen LogP contribution in [0.2, 0.25) is 0 Å². The molecule has 0 bridgehead atoms. The summed E-state index contributed by atoms with van der Waals surface area (Å²) >= 11 is 5.97. The number of nitrogens with zero attached hydrogens (tertiary/aromatic N) is 1. The second-order valence-corrected chi connectivity index (χ2v) is 5.23. The van der Waals surface area contributed by atoms with Crippen LogP contribution >= 0.6 is 24.0 Å². The summed E-state index contributed by atoms with van der Waals surface area (Å²) < 4.78 is 0.172. The molecule has 1 aromatic rings. The van der Waals surface area contributed by atoms with Crippen LogP contribution in [-0.4, -0.2) is 26.4 Å². The van der Waals surface area contributed by atoms with E-state index in [0.717, 1.165) is 16.8 Å². The summed E-state index contributed by atoms with van der Waals surface area (Å²) in [6.07, 6.45) is 1.50. The molecule has 0 radical (unpaired) electrons. The van der Waals surface area contributed by atoms with Gasteiger partial charge in [0.2, 0.25) is 0 Å². The largest absolute Gasteiger partial charge is 0.507 e. The van der Waals surface area contributed by atoms with E-state index in [1.54, 1.807) is 18.2 Å². The Morgan fingerprint density at radius 2 is 2.16 bits per heavy atom. The third-order valence-electron chi connectivity index (χ3n) is 2.24. The van der Waals surface area contributed by atoms with E-state index < -0.39 is 11.9 Å². The molecule has 1 saturated heterocycles. The second-order valence-electron chi connectivity index (χ2n) is 3.55. The Morgan fingerprint density at radius 1 is 1.47 bits per heavy atom. The minimum Gasteiger partial charge on any atom is -0.507 e. The Hall–Kier alpha value is -2.06. The molecule has 8 heteroatoms. The minimum absolute atomic E-state index is 0.0515. The number of phenolic OH excluding ortho intramolecular Hbond substituents is 1. The predicted octanol–water partition coefficient (Wildman–Crippen LogP) is 1.18. The van der Waals surface area contributed by atoms with E-state index in [1.807, 2.05) is 0 Å². The van der Waals surface area contributed by atoms with Gasteiger partial charge in [0, 0.05) is 5.56 Å². The number of hydrazine groups is 1. The van der Waals surface area contributed by atoms with E-state index in [9.17, 15) is 14.7 Å². The third-order valence-corrected chi connectivity index (χ3v) is 3.54. The second kappa shape index (κ2) is 5.29. The van der Waals surface area contributed by atoms with Gasteiger partial charge in [0.15, 0.2) is 4.32 Å². The summed E-state index contributed by atoms with van der Waals surface area (Å²) in [5, 5.41) is 10.5. The number of amides is 3. The Kier molecular flexibility index (Phi) is 3.72. The van der Waals surface area contributed by atoms with Gasteiger partial charge in [-0.15, -0.1) is 0 Å². The number of thiocarbonyl (C=S) groups is 1. The minimum atomic E-state index is -0.875. The number of para-hydroxylation sites is 1. The van der Waals surface area contributed by atoms with Crippen molar-refractivity contribution < 1.29 is 14.7 Å². The number of carbonyl (C=O) groups is 2. The van der Waals surface area contributed by atoms with Gasteiger partial charge in [-0.2, -0.15) is 5.01 Å². The molecule has 0 unspecified atom stereocenters. The lowest BCUT2D eigenvalue weighted by molar-refractivity contribution is -0.123. The van der Waals surface area contributed by atoms with Crippen LogP contribution in [0.3, 0.4) is 0 Å². The van der Waals surface area contributed by atoms with Crippen molar-refractivity contribution in [2.24, 2.45) is 5.73 Å². The normalized spacial score (nSPS) is 17.1. The maximum Gasteiger partial charge on any atom is 0.331 e. The predicted molar refractivity (Wildman–Crippen MR) is 75.8 cm³/mol. The zero-order valence-electron chi connectivity index (χ0n) is 9.49. The molecule has 2 rings (SSSR count). The Morgan fingerprint density at radius 3 is 2.79 bits per heavy atom. The first kappa shape index (κ1) is 13.4. The van der Waals surface area contributed by atoms with Crippen molar-refractivity contribution in [3.63, 3.8) is 0 Å². The van der Waals surface area contributed by atoms with E-state index in [1.165, 1.54) is 12.1 Å². The van der Waals surface area contributed by atoms with Gasteiger partial charge in [0.05, 0.1) is 4.91 Å². The lowest BCUT2D eigenvalue weighted by Crippen LogP contribution is -2.47. The Bertz CT molecular complexity index is 601. The fourth-order valence-electron chi connectivity index (χ4n) is 1.43. The molecule has 1 aliphatic heterocycles. The van der Waals surface area contributed by atoms with E-state index in [0.29, 0.717) is 10.5 Å². The van der Waals surface area contributed by atoms with Crippen molar-refractivity contribution in [2.75, 3.05) is 0 Å². The molecule has 0 aliphatic carbocycles. The summed E-state index contributed by atoms with van der Waals surface area (Å²) in [5.41, 5.74) is 7.56. The number of rotatable bonds is 2. The molecule has 19 heavy (non-hydrogen) atoms. The van der Waals surface area contributed by atoms with Crippen molar-refractivity contribution >= 4 is 46.3 Å². The molecule has 1 heterocycles. The Balaban J connectivity index is 2.28. The number of nitrogens with one attached hydrogen (secondary N) is 1. The Labute approximate surface area is 118 Å². The van der Waals surface area contributed by atoms with E-state index in [2.05, 4.69) is 5.43 Å². The summed E-state index contributed by atoms with van der Waals surface area (Å²) in [7, 11) is 0. The highest BCUT2D eigenvalue weighted by atomic mass is 32.2. The topological polar surface area (TPSA) is 95.7 Å². The molecule has 0 aromatic heterocycles. The average Bonchev–Trinajstić information content (AvgIpc) is 2.60. The smallest absolute Gasteiger partial charge is 0.331 e. The highest BCUT2D eigenvalue weighted by Crippen LogP contribution is 2.32. The molecular formula is C11H9N3O3S2. The quantitative estimate of drug-likeness (QED) is 0.562. The fourth-order valence-corrected chi connectivity index (χ4v) is 2.60. The van der Waals surface area contributed by atoms with E-state index >= 15 is 0 Å². The van der Waals surface area contributed by atoms with Crippen LogP contribution < -0.4 is 11.2 Å². The van der Waals surface area contributed by atoms with Crippen molar-refractivity contribution in [1.29, 1.82) is 0 Å². The number of primary amides is 1. The zero-order chi connectivity index (χ0) is 14.0. The summed E-state index contributed by atoms with van der Waals surface area (Å²) in [5.74, 6) is -0.437. The van der Waals surface area contributed by atoms with Crippen LogP contribution in [-0.2, 0) is 4.79 Å². The molecule has 1 aromatic carbocycles. The maximum atomic E-state index is 12.0. The van der Waals surface area contributed by atoms with Crippen LogP contribution in [0.4, 0.5) is 4.79 Å². The molecule has 3 amide bonds. The number of thioether (sulfide) groups is 1. The van der Waals surface area contributed by atoms with Gasteiger partial charge < -0.3 is 10.8 Å². The molecule has 1 fully saturated rings. The highest BCUT2D eigenvalue weighted by Gasteiger charge is 2.33. The molecule has 4 N–H and O–H groups in total. The van der Waals surface area contributed by atoms with Gasteiger partial charge in [0.1, 0.15) is 5.75 Å². The van der Waals surface area contributed by atoms with Crippen LogP contribution in [0.5, 0.6) is 5.75 Å². The van der Waals surface area contributed by atoms with Gasteiger partial charge in [-0.3, -0.25) is 4.79 Å². The third kappa shape index (κ3) is 2.85. The van der Waals surface area contributed by atoms with Crippen LogP contribution in [0.1, 0.15) is 5.56 Å². The number of phenols is 1. The number of benzene rings is 1. The maximum absolute atomic E-state index is 12.0. The lowest BCUT2D eigenvalue weighted by Gasteiger charge is -2.12. The SMILES string of the molecule is NC(=O)NN1C(=O)C(=Cc2ccccc2O)SC1=S. The van der Waals surface area contributed by atoms with E-state index in [-0.39, 0.29) is 10.1 Å². The van der Waals surface area contributed by atoms with Crippen molar-refractivity contribution in [3.8, 4) is 5.75 Å². The van der Waals surface area contributed by atoms with Crippen molar-refractivity contribution in [1.82, 2.24) is 10.4 Å². The number of hydrogen-bond acceptors (Lipinski definition) is 5. The summed E-state index contributed by atoms with van der Waals surface area (Å²) in [6, 6.07) is 5.69. The first-order chi connectivity index (χ1) is 8.99. The molecule has 98 valence electrons. The van der Waals surface area contributed by atoms with E-state index in [4.69, 9.17) is 18.0 Å². The standard InChI is InChI=1S/C11H9N3O3S2/c12-10(17)13-14-9(16)8(19-11(14)18)5-6-3-1-2-4-7(6)15/h1-5,15H,(H3,12,13,17). The molecule has 1 aliphatic rings. The van der Waals surface area contributed by atoms with Crippen molar-refractivity contribution in [3.05, 3.63) is 34.7 Å². The number of hydrogen-bond donors (Lipinski definition) is 3.